The molecule has 3 aromatic carbocycles. The van der Waals surface area contributed by atoms with Crippen molar-refractivity contribution in [2.45, 2.75) is 96.9 Å². The molecule has 3 aromatic heterocycles. The molecule has 9 nitrogen and oxygen atoms in total. The normalized spacial score (nSPS) is 11.0. The molecule has 0 saturated carbocycles. The predicted octanol–water partition coefficient (Wildman–Crippen LogP) is 14.7. The molecule has 21 heteroatoms. The minimum absolute atomic E-state index is 0.367. The maximum Gasteiger partial charge on any atom is 0.461 e. The molecule has 0 aliphatic carbocycles. The number of rotatable bonds is 21. The Balaban J connectivity index is 0.000000253. The Hall–Kier alpha value is -8.25. The second kappa shape index (κ2) is 31.7. The molecule has 0 N–H and O–H groups in total. The van der Waals surface area contributed by atoms with E-state index in [1.165, 1.54) is 36.4 Å². The lowest BCUT2D eigenvalue weighted by Gasteiger charge is -2.16. The summed E-state index contributed by atoms with van der Waals surface area (Å²) in [5.74, 6) is 17.7. The van der Waals surface area contributed by atoms with Crippen LogP contribution >= 0.6 is 0 Å². The second-order valence-corrected chi connectivity index (χ2v) is 16.0. The van der Waals surface area contributed by atoms with Crippen molar-refractivity contribution in [1.29, 1.82) is 0 Å². The van der Waals surface area contributed by atoms with Crippen molar-refractivity contribution < 1.29 is 81.1 Å². The van der Waals surface area contributed by atoms with Gasteiger partial charge in [0.15, 0.2) is 0 Å². The average Bonchev–Trinajstić information content (AvgIpc) is 3.42. The van der Waals surface area contributed by atoms with Crippen LogP contribution in [0.3, 0.4) is 0 Å². The standard InChI is InChI=1S/C20H19F4NO2.C19H17F4NO2.C18H15F4NO2/c1-2-3-4-13-26-18-12-9-16(25-14-18)8-5-15-6-10-17(11-7-15)27-20(23,24)19(21)22;1-2-3-12-25-17-11-8-15(24-13-17)7-4-14-5-9-16(10-6-14)26-19(22,23)18(20)21;1-2-11-24-16-10-7-14(23-12-16)6-3-13-4-8-15(9-5-13)25-18(21,22)17(19)20/h6-7,9-12,14,19H,2-4,13H2,1H3;5-6,8-11,13,18H,2-3,12H2,1H3;4-5,7-10,12,17H,2,11H2,1H3. The minimum atomic E-state index is -4.53. The summed E-state index contributed by atoms with van der Waals surface area (Å²) in [4.78, 5) is 12.5. The molecule has 0 aliphatic rings. The molecule has 0 bridgehead atoms. The molecular weight excluding hydrogens is 1050 g/mol. The van der Waals surface area contributed by atoms with Gasteiger partial charge in [-0.05, 0) is 146 Å². The first kappa shape index (κ1) is 62.3. The van der Waals surface area contributed by atoms with E-state index in [0.29, 0.717) is 70.8 Å². The predicted molar refractivity (Wildman–Crippen MR) is 266 cm³/mol. The van der Waals surface area contributed by atoms with Crippen molar-refractivity contribution in [2.75, 3.05) is 19.8 Å². The van der Waals surface area contributed by atoms with Crippen molar-refractivity contribution in [2.24, 2.45) is 0 Å². The Morgan fingerprint density at radius 1 is 0.346 bits per heavy atom. The molecule has 78 heavy (non-hydrogen) atoms. The fourth-order valence-electron chi connectivity index (χ4n) is 5.55. The second-order valence-electron chi connectivity index (χ2n) is 16.0. The molecule has 0 amide bonds. The number of aromatic nitrogens is 3. The molecule has 6 aromatic rings. The lowest BCUT2D eigenvalue weighted by molar-refractivity contribution is -0.253. The van der Waals surface area contributed by atoms with Gasteiger partial charge in [-0.2, -0.15) is 52.7 Å². The number of benzene rings is 3. The summed E-state index contributed by atoms with van der Waals surface area (Å²) in [6.07, 6.45) is -14.5. The SMILES string of the molecule is CCCCCOc1ccc(C#Cc2ccc(OC(F)(F)C(F)F)cc2)nc1.CCCCOc1ccc(C#Cc2ccc(OC(F)(F)C(F)F)cc2)nc1.CCCOc1ccc(C#Cc2ccc(OC(F)(F)C(F)F)cc2)nc1. The van der Waals surface area contributed by atoms with E-state index in [-0.39, 0.29) is 17.2 Å². The number of alkyl halides is 12. The van der Waals surface area contributed by atoms with Crippen LogP contribution < -0.4 is 28.4 Å². The van der Waals surface area contributed by atoms with E-state index in [2.05, 4.69) is 78.5 Å². The van der Waals surface area contributed by atoms with Crippen LogP contribution in [0.2, 0.25) is 0 Å². The molecule has 3 heterocycles. The number of hydrogen-bond donors (Lipinski definition) is 0. The largest absolute Gasteiger partial charge is 0.492 e. The minimum Gasteiger partial charge on any atom is -0.492 e. The van der Waals surface area contributed by atoms with Crippen LogP contribution in [0.25, 0.3) is 0 Å². The lowest BCUT2D eigenvalue weighted by atomic mass is 10.2. The van der Waals surface area contributed by atoms with Crippen LogP contribution in [-0.4, -0.2) is 72.4 Å². The van der Waals surface area contributed by atoms with Gasteiger partial charge in [-0.25, -0.2) is 15.0 Å². The summed E-state index contributed by atoms with van der Waals surface area (Å²) in [7, 11) is 0. The zero-order chi connectivity index (χ0) is 57.0. The van der Waals surface area contributed by atoms with Gasteiger partial charge in [0.1, 0.15) is 51.6 Å². The van der Waals surface area contributed by atoms with E-state index in [1.807, 2.05) is 6.92 Å². The first-order chi connectivity index (χ1) is 37.2. The van der Waals surface area contributed by atoms with Gasteiger partial charge in [0.25, 0.3) is 0 Å². The Morgan fingerprint density at radius 3 is 0.885 bits per heavy atom. The van der Waals surface area contributed by atoms with Crippen LogP contribution in [0.15, 0.2) is 128 Å². The topological polar surface area (TPSA) is 94.1 Å². The number of ether oxygens (including phenoxy) is 6. The monoisotopic (exact) mass is 1100 g/mol. The lowest BCUT2D eigenvalue weighted by Crippen LogP contribution is -2.33. The molecule has 0 spiro atoms. The Morgan fingerprint density at radius 2 is 0.628 bits per heavy atom. The van der Waals surface area contributed by atoms with Crippen LogP contribution in [0, 0.1) is 35.5 Å². The number of halogens is 12. The fraction of sp³-hybridized carbons (Fsp3) is 0.316. The first-order valence-electron chi connectivity index (χ1n) is 23.9. The third-order valence-corrected chi connectivity index (χ3v) is 9.56. The molecule has 0 radical (unpaired) electrons. The Labute approximate surface area is 443 Å². The van der Waals surface area contributed by atoms with Crippen LogP contribution in [0.5, 0.6) is 34.5 Å². The highest BCUT2D eigenvalue weighted by Crippen LogP contribution is 2.30. The molecule has 0 saturated heterocycles. The van der Waals surface area contributed by atoms with E-state index >= 15 is 0 Å². The molecule has 0 atom stereocenters. The summed E-state index contributed by atoms with van der Waals surface area (Å²) >= 11 is 0. The summed E-state index contributed by atoms with van der Waals surface area (Å²) in [6, 6.07) is 25.7. The third kappa shape index (κ3) is 22.9. The van der Waals surface area contributed by atoms with Gasteiger partial charge in [-0.1, -0.05) is 57.8 Å². The third-order valence-electron chi connectivity index (χ3n) is 9.56. The molecule has 414 valence electrons. The maximum atomic E-state index is 12.8. The van der Waals surface area contributed by atoms with Crippen LogP contribution in [0.1, 0.15) is 93.1 Å². The highest BCUT2D eigenvalue weighted by molar-refractivity contribution is 5.45. The number of pyridine rings is 3. The van der Waals surface area contributed by atoms with Crippen molar-refractivity contribution in [3.8, 4) is 70.0 Å². The van der Waals surface area contributed by atoms with Gasteiger partial charge >= 0.3 is 37.6 Å². The average molecular weight is 1100 g/mol. The quantitative estimate of drug-likeness (QED) is 0.0397. The zero-order valence-corrected chi connectivity index (χ0v) is 42.0. The van der Waals surface area contributed by atoms with Crippen LogP contribution in [-0.2, 0) is 0 Å². The van der Waals surface area contributed by atoms with Gasteiger partial charge < -0.3 is 28.4 Å². The van der Waals surface area contributed by atoms with E-state index in [9.17, 15) is 52.7 Å². The fourth-order valence-corrected chi connectivity index (χ4v) is 5.55. The first-order valence-corrected chi connectivity index (χ1v) is 23.9. The molecule has 0 unspecified atom stereocenters. The molecule has 6 rings (SSSR count). The number of unbranched alkanes of at least 4 members (excludes halogenated alkanes) is 3. The summed E-state index contributed by atoms with van der Waals surface area (Å²) in [5.41, 5.74) is 3.04. The zero-order valence-electron chi connectivity index (χ0n) is 42.0. The number of hydrogen-bond acceptors (Lipinski definition) is 9. The molecular formula is C57H51F12N3O6. The van der Waals surface area contributed by atoms with Crippen molar-refractivity contribution in [3.05, 3.63) is 162 Å². The maximum absolute atomic E-state index is 12.8. The summed E-state index contributed by atoms with van der Waals surface area (Å²) < 4.78 is 178. The highest BCUT2D eigenvalue weighted by atomic mass is 19.3. The summed E-state index contributed by atoms with van der Waals surface area (Å²) in [6.45, 7) is 8.06. The van der Waals surface area contributed by atoms with Gasteiger partial charge in [0.05, 0.1) is 38.4 Å². The molecule has 0 aliphatic heterocycles. The summed E-state index contributed by atoms with van der Waals surface area (Å²) in [5, 5.41) is 0. The van der Waals surface area contributed by atoms with Crippen molar-refractivity contribution >= 4 is 0 Å². The smallest absolute Gasteiger partial charge is 0.461 e. The molecule has 0 fully saturated rings. The Bertz CT molecular complexity index is 2880. The van der Waals surface area contributed by atoms with E-state index in [4.69, 9.17) is 14.2 Å². The van der Waals surface area contributed by atoms with Crippen molar-refractivity contribution in [1.82, 2.24) is 15.0 Å². The van der Waals surface area contributed by atoms with Gasteiger partial charge in [0.2, 0.25) is 0 Å². The number of nitrogens with zero attached hydrogens (tertiary/aromatic N) is 3. The van der Waals surface area contributed by atoms with E-state index < -0.39 is 37.6 Å². The van der Waals surface area contributed by atoms with Gasteiger partial charge in [0, 0.05) is 16.7 Å². The van der Waals surface area contributed by atoms with E-state index in [1.54, 1.807) is 55.0 Å². The van der Waals surface area contributed by atoms with Gasteiger partial charge in [-0.15, -0.1) is 0 Å². The highest BCUT2D eigenvalue weighted by Gasteiger charge is 2.45. The van der Waals surface area contributed by atoms with Gasteiger partial charge in [-0.3, -0.25) is 0 Å². The van der Waals surface area contributed by atoms with Crippen LogP contribution in [0.4, 0.5) is 52.7 Å². The Kier molecular flexibility index (Phi) is 25.3. The van der Waals surface area contributed by atoms with Crippen molar-refractivity contribution in [3.63, 3.8) is 0 Å². The van der Waals surface area contributed by atoms with E-state index in [0.717, 1.165) is 74.9 Å².